The van der Waals surface area contributed by atoms with Gasteiger partial charge in [0, 0.05) is 5.56 Å². The van der Waals surface area contributed by atoms with Crippen molar-refractivity contribution in [1.29, 1.82) is 5.26 Å². The Morgan fingerprint density at radius 1 is 1.23 bits per heavy atom. The van der Waals surface area contributed by atoms with E-state index in [1.165, 1.54) is 0 Å². The molecular weight excluding hydrogens is 186 g/mol. The Hall–Kier alpha value is -1.60. The number of rotatable bonds is 1. The van der Waals surface area contributed by atoms with Gasteiger partial charge in [-0.25, -0.2) is 0 Å². The predicted molar refractivity (Wildman–Crippen MR) is 51.8 cm³/mol. The van der Waals surface area contributed by atoms with Crippen LogP contribution in [0.15, 0.2) is 30.3 Å². The molecule has 0 bridgehead atoms. The van der Waals surface area contributed by atoms with Gasteiger partial charge in [-0.1, -0.05) is 37.8 Å². The molecule has 13 heavy (non-hydrogen) atoms. The molecule has 0 aliphatic rings. The first kappa shape index (κ1) is 11.4. The molecule has 0 fully saturated rings. The Balaban J connectivity index is 0.00000144. The minimum atomic E-state index is -2.45. The summed E-state index contributed by atoms with van der Waals surface area (Å²) in [6, 6.07) is 9.89. The fraction of sp³-hybridized carbons (Fsp3) is 0.111. The predicted octanol–water partition coefficient (Wildman–Crippen LogP) is 1.25. The summed E-state index contributed by atoms with van der Waals surface area (Å²) in [5, 5.41) is 8.47. The van der Waals surface area contributed by atoms with Crippen LogP contribution in [0.2, 0.25) is 0 Å². The second-order valence-electron chi connectivity index (χ2n) is 2.04. The number of hydrogen-bond acceptors (Lipinski definition) is 3. The van der Waals surface area contributed by atoms with Crippen LogP contribution in [0.25, 0.3) is 0 Å². The van der Waals surface area contributed by atoms with E-state index in [-0.39, 0.29) is 12.3 Å². The highest BCUT2D eigenvalue weighted by Crippen LogP contribution is 1.98. The summed E-state index contributed by atoms with van der Waals surface area (Å²) in [6.07, 6.45) is 0. The molecule has 0 N–H and O–H groups in total. The summed E-state index contributed by atoms with van der Waals surface area (Å²) in [6.45, 7) is 0. The van der Waals surface area contributed by atoms with Gasteiger partial charge >= 0.3 is 0 Å². The van der Waals surface area contributed by atoms with Crippen molar-refractivity contribution in [2.75, 3.05) is 0 Å². The molecule has 0 spiro atoms. The molecule has 68 valence electrons. The van der Waals surface area contributed by atoms with Gasteiger partial charge in [-0.2, -0.15) is 13.7 Å². The Labute approximate surface area is 78.8 Å². The second-order valence-corrected chi connectivity index (χ2v) is 2.92. The number of nitrogens with zero attached hydrogens (tertiary/aromatic N) is 1. The lowest BCUT2D eigenvalue weighted by Crippen LogP contribution is -1.97. The molecule has 0 aromatic heterocycles. The van der Waals surface area contributed by atoms with Crippen LogP contribution in [-0.2, 0) is 10.3 Å². The van der Waals surface area contributed by atoms with E-state index in [0.29, 0.717) is 5.56 Å². The van der Waals surface area contributed by atoms with E-state index in [2.05, 4.69) is 0 Å². The lowest BCUT2D eigenvalue weighted by molar-refractivity contribution is 0.627. The fourth-order valence-electron chi connectivity index (χ4n) is 0.788. The smallest absolute Gasteiger partial charge is 0.191 e. The van der Waals surface area contributed by atoms with Crippen LogP contribution in [0.4, 0.5) is 0 Å². The fourth-order valence-corrected chi connectivity index (χ4v) is 1.19. The number of hydrogen-bond donors (Lipinski definition) is 0. The summed E-state index contributed by atoms with van der Waals surface area (Å²) in [4.78, 5) is -0.226. The van der Waals surface area contributed by atoms with E-state index >= 15 is 0 Å². The van der Waals surface area contributed by atoms with Crippen LogP contribution in [0.1, 0.15) is 13.0 Å². The first-order chi connectivity index (χ1) is 5.75. The third-order valence-electron chi connectivity index (χ3n) is 1.30. The summed E-state index contributed by atoms with van der Waals surface area (Å²) < 4.78 is 20.9. The van der Waals surface area contributed by atoms with E-state index in [1.807, 2.05) is 0 Å². The van der Waals surface area contributed by atoms with Crippen molar-refractivity contribution in [2.24, 2.45) is 0 Å². The van der Waals surface area contributed by atoms with Crippen molar-refractivity contribution in [2.45, 2.75) is 7.43 Å². The number of nitriles is 1. The van der Waals surface area contributed by atoms with Crippen LogP contribution in [-0.4, -0.2) is 13.3 Å². The van der Waals surface area contributed by atoms with Gasteiger partial charge < -0.3 is 0 Å². The van der Waals surface area contributed by atoms with Gasteiger partial charge in [0.25, 0.3) is 0 Å². The highest BCUT2D eigenvalue weighted by molar-refractivity contribution is 7.74. The van der Waals surface area contributed by atoms with Crippen molar-refractivity contribution in [3.05, 3.63) is 35.9 Å². The molecule has 0 radical (unpaired) electrons. The zero-order valence-electron chi connectivity index (χ0n) is 6.06. The maximum Gasteiger partial charge on any atom is 0.232 e. The van der Waals surface area contributed by atoms with E-state index < -0.39 is 10.3 Å². The average Bonchev–Trinajstić information content (AvgIpc) is 2.07. The van der Waals surface area contributed by atoms with Crippen LogP contribution in [0.5, 0.6) is 0 Å². The SMILES string of the molecule is C.N#CC(c1ccccc1)=S(=O)=O. The quantitative estimate of drug-likeness (QED) is 0.500. The molecule has 1 aromatic rings. The molecule has 0 saturated carbocycles. The molecule has 1 aromatic carbocycles. The van der Waals surface area contributed by atoms with Gasteiger partial charge in [-0.15, -0.1) is 0 Å². The largest absolute Gasteiger partial charge is 0.232 e. The van der Waals surface area contributed by atoms with Gasteiger partial charge in [0.1, 0.15) is 6.07 Å². The topological polar surface area (TPSA) is 57.9 Å². The summed E-state index contributed by atoms with van der Waals surface area (Å²) >= 11 is 0. The molecule has 0 saturated heterocycles. The Morgan fingerprint density at radius 2 is 1.77 bits per heavy atom. The first-order valence-electron chi connectivity index (χ1n) is 3.17. The van der Waals surface area contributed by atoms with Crippen LogP contribution >= 0.6 is 0 Å². The molecule has 1 rings (SSSR count). The van der Waals surface area contributed by atoms with Crippen LogP contribution in [0.3, 0.4) is 0 Å². The van der Waals surface area contributed by atoms with Crippen molar-refractivity contribution >= 4 is 15.2 Å². The molecule has 4 heteroatoms. The van der Waals surface area contributed by atoms with Gasteiger partial charge in [0.15, 0.2) is 4.86 Å². The van der Waals surface area contributed by atoms with Gasteiger partial charge in [0.2, 0.25) is 10.3 Å². The van der Waals surface area contributed by atoms with E-state index in [4.69, 9.17) is 5.26 Å². The maximum absolute atomic E-state index is 10.5. The molecule has 3 nitrogen and oxygen atoms in total. The van der Waals surface area contributed by atoms with Crippen molar-refractivity contribution in [3.8, 4) is 6.07 Å². The Bertz CT molecular complexity index is 432. The minimum Gasteiger partial charge on any atom is -0.191 e. The van der Waals surface area contributed by atoms with Crippen LogP contribution < -0.4 is 0 Å². The second kappa shape index (κ2) is 5.12. The molecule has 0 atom stereocenters. The van der Waals surface area contributed by atoms with Gasteiger partial charge in [-0.3, -0.25) is 0 Å². The average molecular weight is 195 g/mol. The molecule has 0 unspecified atom stereocenters. The summed E-state index contributed by atoms with van der Waals surface area (Å²) in [5.74, 6) is 0. The number of benzene rings is 1. The Kier molecular flexibility index (Phi) is 4.49. The van der Waals surface area contributed by atoms with Gasteiger partial charge in [0.05, 0.1) is 0 Å². The third kappa shape index (κ3) is 2.73. The van der Waals surface area contributed by atoms with Crippen molar-refractivity contribution < 1.29 is 8.42 Å². The molecule has 0 heterocycles. The summed E-state index contributed by atoms with van der Waals surface area (Å²) in [5.41, 5.74) is 0.424. The third-order valence-corrected chi connectivity index (χ3v) is 1.96. The standard InChI is InChI=1S/C8H5NO2S.CH4/c9-6-8(12(10)11)7-4-2-1-3-5-7;/h1-5H;1H4. The monoisotopic (exact) mass is 195 g/mol. The van der Waals surface area contributed by atoms with Gasteiger partial charge in [-0.05, 0) is 0 Å². The lowest BCUT2D eigenvalue weighted by Gasteiger charge is -1.90. The van der Waals surface area contributed by atoms with E-state index in [0.717, 1.165) is 0 Å². The molecule has 0 aliphatic heterocycles. The normalized spacial score (nSPS) is 7.92. The zero-order chi connectivity index (χ0) is 8.97. The minimum absolute atomic E-state index is 0. The summed E-state index contributed by atoms with van der Waals surface area (Å²) in [7, 11) is -2.45. The Morgan fingerprint density at radius 3 is 2.15 bits per heavy atom. The van der Waals surface area contributed by atoms with E-state index in [9.17, 15) is 8.42 Å². The zero-order valence-corrected chi connectivity index (χ0v) is 6.88. The first-order valence-corrected chi connectivity index (χ1v) is 4.25. The van der Waals surface area contributed by atoms with E-state index in [1.54, 1.807) is 36.4 Å². The highest BCUT2D eigenvalue weighted by atomic mass is 32.2. The van der Waals surface area contributed by atoms with Crippen LogP contribution in [0, 0.1) is 11.3 Å². The molecule has 0 amide bonds. The molecular formula is C9H9NO2S. The van der Waals surface area contributed by atoms with Crippen molar-refractivity contribution in [3.63, 3.8) is 0 Å². The van der Waals surface area contributed by atoms with Crippen molar-refractivity contribution in [1.82, 2.24) is 0 Å². The lowest BCUT2D eigenvalue weighted by atomic mass is 10.2. The molecule has 0 aliphatic carbocycles. The highest BCUT2D eigenvalue weighted by Gasteiger charge is 2.01. The maximum atomic E-state index is 10.5.